The van der Waals surface area contributed by atoms with Gasteiger partial charge in [0.1, 0.15) is 0 Å². The molecule has 0 bridgehead atoms. The van der Waals surface area contributed by atoms with Crippen LogP contribution in [-0.2, 0) is 29.1 Å². The smallest absolute Gasteiger partial charge is 0.155 e. The Bertz CT molecular complexity index is 231. The summed E-state index contributed by atoms with van der Waals surface area (Å²) in [6.45, 7) is 5.70. The van der Waals surface area contributed by atoms with Gasteiger partial charge in [0.15, 0.2) is 11.6 Å². The van der Waals surface area contributed by atoms with Gasteiger partial charge in [-0.05, 0) is 27.7 Å². The van der Waals surface area contributed by atoms with Crippen molar-refractivity contribution < 1.29 is 39.3 Å². The van der Waals surface area contributed by atoms with Gasteiger partial charge < -0.3 is 10.2 Å². The van der Waals surface area contributed by atoms with E-state index in [0.29, 0.717) is 0 Å². The molecule has 4 nitrogen and oxygen atoms in total. The number of allylic oxidation sites excluding steroid dienone is 4. The third kappa shape index (κ3) is 32.1. The van der Waals surface area contributed by atoms with Crippen molar-refractivity contribution in [3.05, 3.63) is 23.7 Å². The van der Waals surface area contributed by atoms with E-state index >= 15 is 0 Å². The summed E-state index contributed by atoms with van der Waals surface area (Å²) in [6.07, 6.45) is 2.33. The number of aliphatic hydroxyl groups excluding tert-OH is 2. The summed E-state index contributed by atoms with van der Waals surface area (Å²) in [5.41, 5.74) is 0. The predicted molar refractivity (Wildman–Crippen MR) is 54.1 cm³/mol. The molecule has 0 atom stereocenters. The monoisotopic (exact) mass is 264 g/mol. The Kier molecular flexibility index (Phi) is 14.5. The van der Waals surface area contributed by atoms with Gasteiger partial charge in [0.25, 0.3) is 0 Å². The number of ketones is 2. The van der Waals surface area contributed by atoms with Crippen LogP contribution >= 0.6 is 0 Å². The second kappa shape index (κ2) is 11.1. The molecule has 82 valence electrons. The molecule has 2 N–H and O–H groups in total. The molecule has 0 saturated heterocycles. The van der Waals surface area contributed by atoms with E-state index in [9.17, 15) is 9.59 Å². The third-order valence-corrected chi connectivity index (χ3v) is 0.824. The molecule has 0 unspecified atom stereocenters. The number of hydrogen-bond acceptors (Lipinski definition) is 4. The van der Waals surface area contributed by atoms with Gasteiger partial charge in [-0.1, -0.05) is 0 Å². The fourth-order valence-corrected chi connectivity index (χ4v) is 0.588. The average molecular weight is 266 g/mol. The molecule has 0 spiro atoms. The number of rotatable bonds is 2. The van der Waals surface area contributed by atoms with E-state index in [1.165, 1.54) is 39.8 Å². The summed E-state index contributed by atoms with van der Waals surface area (Å²) >= 11 is 0. The van der Waals surface area contributed by atoms with Crippen molar-refractivity contribution >= 4 is 11.6 Å². The van der Waals surface area contributed by atoms with E-state index < -0.39 is 0 Å². The Labute approximate surface area is 102 Å². The Morgan fingerprint density at radius 3 is 1.00 bits per heavy atom. The molecular weight excluding hydrogens is 249 g/mol. The first kappa shape index (κ1) is 19.6. The molecule has 0 rings (SSSR count). The number of carbonyl (C=O) groups is 2. The zero-order chi connectivity index (χ0) is 11.7. The minimum Gasteiger partial charge on any atom is -0.512 e. The Morgan fingerprint density at radius 2 is 1.00 bits per heavy atom. The van der Waals surface area contributed by atoms with Crippen LogP contribution in [0.2, 0.25) is 0 Å². The van der Waals surface area contributed by atoms with E-state index in [1.54, 1.807) is 0 Å². The van der Waals surface area contributed by atoms with Crippen LogP contribution in [0.25, 0.3) is 0 Å². The van der Waals surface area contributed by atoms with Gasteiger partial charge in [0.05, 0.1) is 11.5 Å². The molecule has 0 radical (unpaired) electrons. The topological polar surface area (TPSA) is 74.6 Å². The predicted octanol–water partition coefficient (Wildman–Crippen LogP) is 2.07. The molecule has 0 aromatic rings. The summed E-state index contributed by atoms with van der Waals surface area (Å²) < 4.78 is 0. The summed E-state index contributed by atoms with van der Waals surface area (Å²) in [7, 11) is 0. The van der Waals surface area contributed by atoms with Gasteiger partial charge in [-0.3, -0.25) is 9.59 Å². The number of hydrogen-bond donors (Lipinski definition) is 2. The van der Waals surface area contributed by atoms with Gasteiger partial charge in [-0.15, -0.1) is 0 Å². The second-order valence-corrected chi connectivity index (χ2v) is 2.79. The molecule has 0 saturated carbocycles. The van der Waals surface area contributed by atoms with E-state index in [0.717, 1.165) is 0 Å². The van der Waals surface area contributed by atoms with Crippen LogP contribution in [0, 0.1) is 0 Å². The van der Waals surface area contributed by atoms with E-state index in [-0.39, 0.29) is 42.6 Å². The molecule has 5 heteroatoms. The van der Waals surface area contributed by atoms with E-state index in [2.05, 4.69) is 0 Å². The van der Waals surface area contributed by atoms with Crippen LogP contribution < -0.4 is 0 Å². The molecular formula is C10H16O4Zn. The zero-order valence-corrected chi connectivity index (χ0v) is 12.5. The molecule has 0 aliphatic carbocycles. The van der Waals surface area contributed by atoms with Crippen molar-refractivity contribution in [2.45, 2.75) is 27.7 Å². The van der Waals surface area contributed by atoms with Crippen LogP contribution in [0.4, 0.5) is 0 Å². The maximum absolute atomic E-state index is 10.0. The molecule has 0 amide bonds. The Morgan fingerprint density at radius 1 is 0.800 bits per heavy atom. The van der Waals surface area contributed by atoms with Crippen LogP contribution in [0.5, 0.6) is 0 Å². The quantitative estimate of drug-likeness (QED) is 0.455. The van der Waals surface area contributed by atoms with Crippen molar-refractivity contribution in [3.63, 3.8) is 0 Å². The van der Waals surface area contributed by atoms with Crippen molar-refractivity contribution in [1.29, 1.82) is 0 Å². The minimum atomic E-state index is -0.125. The molecule has 0 heterocycles. The van der Waals surface area contributed by atoms with Gasteiger partial charge >= 0.3 is 0 Å². The van der Waals surface area contributed by atoms with Crippen molar-refractivity contribution in [2.75, 3.05) is 0 Å². The van der Waals surface area contributed by atoms with Crippen molar-refractivity contribution in [1.82, 2.24) is 0 Å². The number of carbonyl (C=O) groups excluding carboxylic acids is 2. The molecule has 0 aromatic carbocycles. The standard InChI is InChI=1S/2C5H8O2.Zn/c2*1-4(6)3-5(2)7;/h2*3,6H,1-2H3;. The summed E-state index contributed by atoms with van der Waals surface area (Å²) in [5, 5.41) is 16.7. The average Bonchev–Trinajstić information content (AvgIpc) is 1.79. The fraction of sp³-hybridized carbons (Fsp3) is 0.400. The van der Waals surface area contributed by atoms with Crippen molar-refractivity contribution in [2.24, 2.45) is 0 Å². The molecule has 0 aliphatic rings. The fourth-order valence-electron chi connectivity index (χ4n) is 0.588. The van der Waals surface area contributed by atoms with Crippen LogP contribution in [0.15, 0.2) is 23.7 Å². The zero-order valence-electron chi connectivity index (χ0n) is 9.57. The molecule has 0 aromatic heterocycles. The molecule has 0 fully saturated rings. The minimum absolute atomic E-state index is 0. The Balaban J connectivity index is -0.000000180. The van der Waals surface area contributed by atoms with E-state index in [1.807, 2.05) is 0 Å². The van der Waals surface area contributed by atoms with E-state index in [4.69, 9.17) is 10.2 Å². The van der Waals surface area contributed by atoms with Crippen LogP contribution in [-0.4, -0.2) is 21.8 Å². The molecule has 15 heavy (non-hydrogen) atoms. The van der Waals surface area contributed by atoms with Crippen molar-refractivity contribution in [3.8, 4) is 0 Å². The number of aliphatic hydroxyl groups is 2. The van der Waals surface area contributed by atoms with Gasteiger partial charge in [0, 0.05) is 31.6 Å². The van der Waals surface area contributed by atoms with Crippen LogP contribution in [0.1, 0.15) is 27.7 Å². The van der Waals surface area contributed by atoms with Gasteiger partial charge in [-0.25, -0.2) is 0 Å². The normalized spacial score (nSPS) is 10.7. The summed E-state index contributed by atoms with van der Waals surface area (Å²) in [5.74, 6) is -0.125. The SMILES string of the molecule is CC(=O)C=C(C)O.CC(=O)C=C(C)O.[Zn]. The first-order valence-corrected chi connectivity index (χ1v) is 4.01. The first-order valence-electron chi connectivity index (χ1n) is 4.01. The van der Waals surface area contributed by atoms with Crippen LogP contribution in [0.3, 0.4) is 0 Å². The molecule has 0 aliphatic heterocycles. The largest absolute Gasteiger partial charge is 0.512 e. The maximum atomic E-state index is 10.0. The second-order valence-electron chi connectivity index (χ2n) is 2.79. The van der Waals surface area contributed by atoms with Gasteiger partial charge in [-0.2, -0.15) is 0 Å². The third-order valence-electron chi connectivity index (χ3n) is 0.824. The maximum Gasteiger partial charge on any atom is 0.155 e. The van der Waals surface area contributed by atoms with Gasteiger partial charge in [0.2, 0.25) is 0 Å². The summed E-state index contributed by atoms with van der Waals surface area (Å²) in [6, 6.07) is 0. The first-order chi connectivity index (χ1) is 6.25. The Hall–Kier alpha value is -0.957. The summed E-state index contributed by atoms with van der Waals surface area (Å²) in [4.78, 5) is 20.0.